The Morgan fingerprint density at radius 2 is 2.36 bits per heavy atom. The van der Waals surface area contributed by atoms with Crippen molar-refractivity contribution in [3.63, 3.8) is 0 Å². The van der Waals surface area contributed by atoms with E-state index in [4.69, 9.17) is 0 Å². The highest BCUT2D eigenvalue weighted by molar-refractivity contribution is 7.89. The molecule has 1 N–H and O–H groups in total. The summed E-state index contributed by atoms with van der Waals surface area (Å²) in [5.41, 5.74) is -0.0969. The molecule has 1 amide bonds. The zero-order chi connectivity index (χ0) is 15.8. The van der Waals surface area contributed by atoms with Gasteiger partial charge in [0.25, 0.3) is 0 Å². The molecule has 7 heteroatoms. The van der Waals surface area contributed by atoms with Crippen molar-refractivity contribution in [1.29, 1.82) is 0 Å². The van der Waals surface area contributed by atoms with Crippen LogP contribution in [0.1, 0.15) is 31.1 Å². The minimum atomic E-state index is -3.13. The van der Waals surface area contributed by atoms with Gasteiger partial charge in [-0.15, -0.1) is 11.3 Å². The molecule has 22 heavy (non-hydrogen) atoms. The highest BCUT2D eigenvalue weighted by Gasteiger charge is 2.61. The van der Waals surface area contributed by atoms with E-state index in [1.165, 1.54) is 0 Å². The molecule has 0 radical (unpaired) electrons. The number of thiophene rings is 1. The Balaban J connectivity index is 1.54. The van der Waals surface area contributed by atoms with Gasteiger partial charge in [-0.3, -0.25) is 4.79 Å². The highest BCUT2D eigenvalue weighted by atomic mass is 32.2. The number of nitrogens with one attached hydrogen (secondary N) is 1. The Morgan fingerprint density at radius 3 is 3.05 bits per heavy atom. The maximum atomic E-state index is 12.3. The highest BCUT2D eigenvalue weighted by Crippen LogP contribution is 2.58. The average molecular weight is 342 g/mol. The fraction of sp³-hybridized carbons (Fsp3) is 0.667. The lowest BCUT2D eigenvalue weighted by molar-refractivity contribution is -0.123. The number of sulfonamides is 1. The van der Waals surface area contributed by atoms with Gasteiger partial charge < -0.3 is 5.32 Å². The standard InChI is InChI=1S/C15H22N2O3S2/c1-2-8-22(19,20)17-6-5-15(11-17)9-13(15)14(18)16-10-12-4-3-7-21-12/h3-4,7,13H,2,5-6,8-11H2,1H3,(H,16,18)/t13-,15+/m1/s1. The zero-order valence-corrected chi connectivity index (χ0v) is 14.4. The van der Waals surface area contributed by atoms with E-state index in [9.17, 15) is 13.2 Å². The fourth-order valence-electron chi connectivity index (χ4n) is 3.36. The van der Waals surface area contributed by atoms with Gasteiger partial charge in [-0.1, -0.05) is 13.0 Å². The lowest BCUT2D eigenvalue weighted by atomic mass is 10.0. The number of carbonyl (C=O) groups is 1. The van der Waals surface area contributed by atoms with Crippen molar-refractivity contribution in [3.8, 4) is 0 Å². The van der Waals surface area contributed by atoms with Crippen LogP contribution >= 0.6 is 11.3 Å². The molecule has 2 heterocycles. The molecular weight excluding hydrogens is 320 g/mol. The molecule has 1 aliphatic carbocycles. The van der Waals surface area contributed by atoms with Gasteiger partial charge in [-0.2, -0.15) is 0 Å². The zero-order valence-electron chi connectivity index (χ0n) is 12.7. The van der Waals surface area contributed by atoms with Gasteiger partial charge in [0.1, 0.15) is 0 Å². The molecule has 122 valence electrons. The number of nitrogens with zero attached hydrogens (tertiary/aromatic N) is 1. The fourth-order valence-corrected chi connectivity index (χ4v) is 5.60. The summed E-state index contributed by atoms with van der Waals surface area (Å²) in [6.45, 7) is 3.53. The largest absolute Gasteiger partial charge is 0.351 e. The molecule has 5 nitrogen and oxygen atoms in total. The van der Waals surface area contributed by atoms with Crippen molar-refractivity contribution in [3.05, 3.63) is 22.4 Å². The third-order valence-corrected chi connectivity index (χ3v) is 7.63. The Hall–Kier alpha value is -0.920. The molecule has 1 aromatic rings. The quantitative estimate of drug-likeness (QED) is 0.857. The van der Waals surface area contributed by atoms with Gasteiger partial charge in [-0.25, -0.2) is 12.7 Å². The van der Waals surface area contributed by atoms with Crippen LogP contribution in [0.3, 0.4) is 0 Å². The van der Waals surface area contributed by atoms with E-state index in [1.54, 1.807) is 15.6 Å². The van der Waals surface area contributed by atoms with Crippen LogP contribution in [0.25, 0.3) is 0 Å². The molecule has 1 saturated carbocycles. The number of rotatable bonds is 6. The van der Waals surface area contributed by atoms with Crippen molar-refractivity contribution in [1.82, 2.24) is 9.62 Å². The number of hydrogen-bond donors (Lipinski definition) is 1. The van der Waals surface area contributed by atoms with E-state index in [1.807, 2.05) is 24.4 Å². The predicted molar refractivity (Wildman–Crippen MR) is 87.0 cm³/mol. The maximum Gasteiger partial charge on any atom is 0.224 e. The van der Waals surface area contributed by atoms with Crippen LogP contribution in [0.4, 0.5) is 0 Å². The average Bonchev–Trinajstić information content (AvgIpc) is 2.82. The second-order valence-corrected chi connectivity index (χ2v) is 9.44. The molecule has 1 aliphatic heterocycles. The summed E-state index contributed by atoms with van der Waals surface area (Å²) in [4.78, 5) is 13.4. The first-order chi connectivity index (χ1) is 10.5. The van der Waals surface area contributed by atoms with Gasteiger partial charge in [0, 0.05) is 23.9 Å². The minimum absolute atomic E-state index is 0.0192. The maximum absolute atomic E-state index is 12.3. The van der Waals surface area contributed by atoms with E-state index in [0.29, 0.717) is 26.1 Å². The Bertz CT molecular complexity index is 642. The van der Waals surface area contributed by atoms with Gasteiger partial charge in [0.2, 0.25) is 15.9 Å². The number of amides is 1. The second kappa shape index (κ2) is 5.94. The summed E-state index contributed by atoms with van der Waals surface area (Å²) in [6.07, 6.45) is 2.27. The van der Waals surface area contributed by atoms with Crippen LogP contribution in [0.2, 0.25) is 0 Å². The number of carbonyl (C=O) groups excluding carboxylic acids is 1. The van der Waals surface area contributed by atoms with Gasteiger partial charge in [-0.05, 0) is 36.1 Å². The summed E-state index contributed by atoms with van der Waals surface area (Å²) in [5.74, 6) is 0.260. The smallest absolute Gasteiger partial charge is 0.224 e. The van der Waals surface area contributed by atoms with Crippen LogP contribution in [0, 0.1) is 11.3 Å². The van der Waals surface area contributed by atoms with Crippen LogP contribution in [-0.4, -0.2) is 37.5 Å². The molecule has 0 unspecified atom stereocenters. The third kappa shape index (κ3) is 3.07. The van der Waals surface area contributed by atoms with E-state index in [2.05, 4.69) is 5.32 Å². The predicted octanol–water partition coefficient (Wildman–Crippen LogP) is 1.82. The summed E-state index contributed by atoms with van der Waals surface area (Å²) in [7, 11) is -3.13. The second-order valence-electron chi connectivity index (χ2n) is 6.32. The Labute approximate surface area is 135 Å². The molecule has 0 aromatic carbocycles. The summed E-state index contributed by atoms with van der Waals surface area (Å²) in [6, 6.07) is 3.97. The molecule has 1 saturated heterocycles. The van der Waals surface area contributed by atoms with Crippen LogP contribution < -0.4 is 5.32 Å². The Morgan fingerprint density at radius 1 is 1.55 bits per heavy atom. The topological polar surface area (TPSA) is 66.5 Å². The molecule has 2 atom stereocenters. The summed E-state index contributed by atoms with van der Waals surface area (Å²) >= 11 is 1.63. The summed E-state index contributed by atoms with van der Waals surface area (Å²) < 4.78 is 25.9. The summed E-state index contributed by atoms with van der Waals surface area (Å²) in [5, 5.41) is 4.97. The molecule has 2 fully saturated rings. The normalized spacial score (nSPS) is 28.1. The van der Waals surface area contributed by atoms with Crippen molar-refractivity contribution >= 4 is 27.3 Å². The molecular formula is C15H22N2O3S2. The van der Waals surface area contributed by atoms with Gasteiger partial charge >= 0.3 is 0 Å². The van der Waals surface area contributed by atoms with Crippen molar-refractivity contribution in [2.45, 2.75) is 32.7 Å². The lowest BCUT2D eigenvalue weighted by Crippen LogP contribution is -2.32. The molecule has 1 aromatic heterocycles. The van der Waals surface area contributed by atoms with Crippen molar-refractivity contribution < 1.29 is 13.2 Å². The lowest BCUT2D eigenvalue weighted by Gasteiger charge is -2.16. The van der Waals surface area contributed by atoms with E-state index >= 15 is 0 Å². The van der Waals surface area contributed by atoms with E-state index in [-0.39, 0.29) is 23.0 Å². The number of hydrogen-bond acceptors (Lipinski definition) is 4. The van der Waals surface area contributed by atoms with Crippen molar-refractivity contribution in [2.75, 3.05) is 18.8 Å². The molecule has 2 aliphatic rings. The SMILES string of the molecule is CCCS(=O)(=O)N1CC[C@]2(C[C@@H]2C(=O)NCc2cccs2)C1. The van der Waals surface area contributed by atoms with Crippen LogP contribution in [-0.2, 0) is 21.4 Å². The third-order valence-electron chi connectivity index (χ3n) is 4.73. The minimum Gasteiger partial charge on any atom is -0.351 e. The van der Waals surface area contributed by atoms with Crippen LogP contribution in [0.15, 0.2) is 17.5 Å². The van der Waals surface area contributed by atoms with E-state index < -0.39 is 10.0 Å². The van der Waals surface area contributed by atoms with Gasteiger partial charge in [0.05, 0.1) is 12.3 Å². The molecule has 0 bridgehead atoms. The van der Waals surface area contributed by atoms with Crippen molar-refractivity contribution in [2.24, 2.45) is 11.3 Å². The monoisotopic (exact) mass is 342 g/mol. The van der Waals surface area contributed by atoms with Gasteiger partial charge in [0.15, 0.2) is 0 Å². The first-order valence-corrected chi connectivity index (χ1v) is 10.2. The molecule has 1 spiro atoms. The van der Waals surface area contributed by atoms with E-state index in [0.717, 1.165) is 17.7 Å². The van der Waals surface area contributed by atoms with Crippen LogP contribution in [0.5, 0.6) is 0 Å². The molecule has 3 rings (SSSR count). The Kier molecular flexibility index (Phi) is 4.31. The first-order valence-electron chi connectivity index (χ1n) is 7.75. The first kappa shape index (κ1) is 16.0.